The highest BCUT2D eigenvalue weighted by Gasteiger charge is 2.09. The number of hydrogen-bond acceptors (Lipinski definition) is 2. The Labute approximate surface area is 167 Å². The van der Waals surface area contributed by atoms with Gasteiger partial charge in [0.1, 0.15) is 5.82 Å². The first-order valence-corrected chi connectivity index (χ1v) is 9.69. The maximum atomic E-state index is 5.01. The monoisotopic (exact) mass is 371 g/mol. The summed E-state index contributed by atoms with van der Waals surface area (Å²) >= 11 is 0. The number of nitrogens with one attached hydrogen (secondary N) is 1. The number of imidazole rings is 1. The van der Waals surface area contributed by atoms with Gasteiger partial charge in [-0.2, -0.15) is 0 Å². The third kappa shape index (κ3) is 2.67. The molecule has 0 radical (unpaired) electrons. The van der Waals surface area contributed by atoms with Crippen molar-refractivity contribution >= 4 is 32.7 Å². The van der Waals surface area contributed by atoms with Gasteiger partial charge in [-0.25, -0.2) is 9.97 Å². The number of rotatable bonds is 2. The largest absolute Gasteiger partial charge is 0.338 e. The Bertz CT molecular complexity index is 1500. The van der Waals surface area contributed by atoms with Gasteiger partial charge < -0.3 is 4.98 Å². The zero-order valence-electron chi connectivity index (χ0n) is 15.6. The van der Waals surface area contributed by atoms with E-state index >= 15 is 0 Å². The van der Waals surface area contributed by atoms with Gasteiger partial charge in [0, 0.05) is 21.9 Å². The molecule has 0 aliphatic rings. The Morgan fingerprint density at radius 2 is 1.38 bits per heavy atom. The summed E-state index contributed by atoms with van der Waals surface area (Å²) in [4.78, 5) is 13.2. The summed E-state index contributed by atoms with van der Waals surface area (Å²) in [6.45, 7) is 0. The van der Waals surface area contributed by atoms with Gasteiger partial charge in [-0.1, -0.05) is 78.9 Å². The molecule has 0 amide bonds. The molecule has 6 rings (SSSR count). The van der Waals surface area contributed by atoms with E-state index in [1.807, 2.05) is 18.2 Å². The molecule has 0 spiro atoms. The first kappa shape index (κ1) is 16.0. The van der Waals surface area contributed by atoms with E-state index in [2.05, 4.69) is 83.8 Å². The number of benzene rings is 4. The van der Waals surface area contributed by atoms with E-state index in [4.69, 9.17) is 9.97 Å². The quantitative estimate of drug-likeness (QED) is 0.348. The lowest BCUT2D eigenvalue weighted by molar-refractivity contribution is 1.34. The molecule has 4 aromatic carbocycles. The minimum atomic E-state index is 0.884. The van der Waals surface area contributed by atoms with Crippen LogP contribution in [0.25, 0.3) is 55.4 Å². The Kier molecular flexibility index (Phi) is 3.47. The minimum Gasteiger partial charge on any atom is -0.338 e. The smallest absolute Gasteiger partial charge is 0.138 e. The van der Waals surface area contributed by atoms with Crippen molar-refractivity contribution in [1.82, 2.24) is 15.0 Å². The molecule has 2 aromatic heterocycles. The molecule has 0 unspecified atom stereocenters. The average molecular weight is 371 g/mol. The fraction of sp³-hybridized carbons (Fsp3) is 0. The molecule has 1 N–H and O–H groups in total. The fourth-order valence-electron chi connectivity index (χ4n) is 3.92. The van der Waals surface area contributed by atoms with Crippen molar-refractivity contribution in [2.24, 2.45) is 0 Å². The van der Waals surface area contributed by atoms with Crippen molar-refractivity contribution in [1.29, 1.82) is 0 Å². The SMILES string of the molecule is c1ccc(-c2nc3ccc(-c4ccc5ccc6ccccc6c5n4)cc3[nH]2)cc1. The number of aromatic nitrogens is 3. The van der Waals surface area contributed by atoms with Crippen molar-refractivity contribution in [2.45, 2.75) is 0 Å². The van der Waals surface area contributed by atoms with Crippen LogP contribution in [-0.2, 0) is 0 Å². The van der Waals surface area contributed by atoms with Crippen LogP contribution in [0.3, 0.4) is 0 Å². The number of fused-ring (bicyclic) bond motifs is 4. The highest BCUT2D eigenvalue weighted by Crippen LogP contribution is 2.29. The average Bonchev–Trinajstić information content (AvgIpc) is 3.23. The molecule has 0 saturated carbocycles. The van der Waals surface area contributed by atoms with E-state index < -0.39 is 0 Å². The van der Waals surface area contributed by atoms with Crippen LogP contribution in [0, 0.1) is 0 Å². The van der Waals surface area contributed by atoms with Crippen LogP contribution in [0.1, 0.15) is 0 Å². The van der Waals surface area contributed by atoms with Crippen molar-refractivity contribution < 1.29 is 0 Å². The summed E-state index contributed by atoms with van der Waals surface area (Å²) in [5.41, 5.74) is 6.14. The molecule has 3 nitrogen and oxygen atoms in total. The Hall–Kier alpha value is -3.98. The third-order valence-electron chi connectivity index (χ3n) is 5.41. The summed E-state index contributed by atoms with van der Waals surface area (Å²) in [5, 5.41) is 3.54. The lowest BCUT2D eigenvalue weighted by Crippen LogP contribution is -1.87. The molecule has 136 valence electrons. The predicted octanol–water partition coefficient (Wildman–Crippen LogP) is 6.60. The number of hydrogen-bond donors (Lipinski definition) is 1. The topological polar surface area (TPSA) is 41.6 Å². The van der Waals surface area contributed by atoms with Crippen LogP contribution >= 0.6 is 0 Å². The second-order valence-electron chi connectivity index (χ2n) is 7.24. The molecule has 0 aliphatic heterocycles. The van der Waals surface area contributed by atoms with Crippen molar-refractivity contribution in [3.05, 3.63) is 97.1 Å². The van der Waals surface area contributed by atoms with Gasteiger partial charge in [-0.3, -0.25) is 0 Å². The van der Waals surface area contributed by atoms with E-state index in [1.165, 1.54) is 10.8 Å². The number of pyridine rings is 1. The molecule has 6 aromatic rings. The maximum absolute atomic E-state index is 5.01. The molecule has 0 aliphatic carbocycles. The van der Waals surface area contributed by atoms with Crippen LogP contribution in [0.4, 0.5) is 0 Å². The van der Waals surface area contributed by atoms with Crippen LogP contribution in [0.5, 0.6) is 0 Å². The highest BCUT2D eigenvalue weighted by atomic mass is 14.9. The summed E-state index contributed by atoms with van der Waals surface area (Å²) in [6, 6.07) is 33.4. The highest BCUT2D eigenvalue weighted by molar-refractivity contribution is 6.05. The number of nitrogens with zero attached hydrogens (tertiary/aromatic N) is 2. The van der Waals surface area contributed by atoms with Crippen LogP contribution < -0.4 is 0 Å². The zero-order valence-corrected chi connectivity index (χ0v) is 15.6. The lowest BCUT2D eigenvalue weighted by Gasteiger charge is -2.06. The molecule has 2 heterocycles. The van der Waals surface area contributed by atoms with Crippen molar-refractivity contribution in [3.63, 3.8) is 0 Å². The Balaban J connectivity index is 1.50. The van der Waals surface area contributed by atoms with Crippen molar-refractivity contribution in [2.75, 3.05) is 0 Å². The van der Waals surface area contributed by atoms with Gasteiger partial charge in [0.2, 0.25) is 0 Å². The molecular weight excluding hydrogens is 354 g/mol. The van der Waals surface area contributed by atoms with E-state index in [1.54, 1.807) is 0 Å². The van der Waals surface area contributed by atoms with Gasteiger partial charge in [0.05, 0.1) is 22.2 Å². The van der Waals surface area contributed by atoms with Crippen molar-refractivity contribution in [3.8, 4) is 22.6 Å². The van der Waals surface area contributed by atoms with Gasteiger partial charge in [-0.15, -0.1) is 0 Å². The van der Waals surface area contributed by atoms with Gasteiger partial charge in [0.25, 0.3) is 0 Å². The molecular formula is C26H17N3. The summed E-state index contributed by atoms with van der Waals surface area (Å²) in [6.07, 6.45) is 0. The van der Waals surface area contributed by atoms with Gasteiger partial charge >= 0.3 is 0 Å². The van der Waals surface area contributed by atoms with Crippen LogP contribution in [0.2, 0.25) is 0 Å². The predicted molar refractivity (Wildman–Crippen MR) is 120 cm³/mol. The van der Waals surface area contributed by atoms with Gasteiger partial charge in [0.15, 0.2) is 0 Å². The fourth-order valence-corrected chi connectivity index (χ4v) is 3.92. The zero-order chi connectivity index (χ0) is 19.2. The lowest BCUT2D eigenvalue weighted by atomic mass is 10.0. The maximum Gasteiger partial charge on any atom is 0.138 e. The Morgan fingerprint density at radius 3 is 2.31 bits per heavy atom. The molecule has 0 fully saturated rings. The van der Waals surface area contributed by atoms with Crippen LogP contribution in [0.15, 0.2) is 97.1 Å². The normalized spacial score (nSPS) is 11.4. The Morgan fingerprint density at radius 1 is 0.586 bits per heavy atom. The first-order chi connectivity index (χ1) is 14.3. The van der Waals surface area contributed by atoms with Crippen LogP contribution in [-0.4, -0.2) is 15.0 Å². The summed E-state index contributed by atoms with van der Waals surface area (Å²) in [7, 11) is 0. The van der Waals surface area contributed by atoms with Gasteiger partial charge in [-0.05, 0) is 23.6 Å². The van der Waals surface area contributed by atoms with E-state index in [0.717, 1.165) is 44.6 Å². The third-order valence-corrected chi connectivity index (χ3v) is 5.41. The molecule has 0 saturated heterocycles. The second kappa shape index (κ2) is 6.28. The molecule has 3 heteroatoms. The molecule has 29 heavy (non-hydrogen) atoms. The van der Waals surface area contributed by atoms with E-state index in [9.17, 15) is 0 Å². The minimum absolute atomic E-state index is 0.884. The first-order valence-electron chi connectivity index (χ1n) is 9.69. The molecule has 0 bridgehead atoms. The standard InChI is InChI=1S/C26H17N3/c1-2-7-19(8-3-1)26-28-23-15-13-20(16-24(23)29-26)22-14-12-18-11-10-17-6-4-5-9-21(17)25(18)27-22/h1-16H,(H,28,29). The summed E-state index contributed by atoms with van der Waals surface area (Å²) in [5.74, 6) is 0.884. The van der Waals surface area contributed by atoms with E-state index in [-0.39, 0.29) is 0 Å². The summed E-state index contributed by atoms with van der Waals surface area (Å²) < 4.78 is 0. The van der Waals surface area contributed by atoms with E-state index in [0.29, 0.717) is 0 Å². The second-order valence-corrected chi connectivity index (χ2v) is 7.24. The molecule has 0 atom stereocenters. The number of aromatic amines is 1. The number of H-pyrrole nitrogens is 1.